The summed E-state index contributed by atoms with van der Waals surface area (Å²) in [6.45, 7) is 7.10. The van der Waals surface area contributed by atoms with Gasteiger partial charge in [-0.3, -0.25) is 13.9 Å². The molecule has 0 fully saturated rings. The van der Waals surface area contributed by atoms with Crippen molar-refractivity contribution >= 4 is 62.3 Å². The summed E-state index contributed by atoms with van der Waals surface area (Å²) in [4.78, 5) is 28.4. The summed E-state index contributed by atoms with van der Waals surface area (Å²) in [6, 6.07) is 15.1. The molecule has 1 N–H and O–H groups in total. The molecule has 0 aliphatic rings. The molecule has 3 rings (SSSR count). The van der Waals surface area contributed by atoms with Crippen molar-refractivity contribution in [3.05, 3.63) is 92.4 Å². The number of nitrogens with one attached hydrogen (secondary N) is 1. The minimum Gasteiger partial charge on any atom is -0.354 e. The van der Waals surface area contributed by atoms with E-state index in [1.54, 1.807) is 56.3 Å². The van der Waals surface area contributed by atoms with E-state index in [4.69, 9.17) is 34.8 Å². The Balaban J connectivity index is 2.05. The van der Waals surface area contributed by atoms with Gasteiger partial charge in [0.15, 0.2) is 0 Å². The lowest BCUT2D eigenvalue weighted by Gasteiger charge is -2.32. The van der Waals surface area contributed by atoms with Crippen LogP contribution in [0, 0.1) is 13.8 Å². The number of anilines is 1. The minimum atomic E-state index is -4.20. The van der Waals surface area contributed by atoms with E-state index in [-0.39, 0.29) is 23.0 Å². The standard InChI is InChI=1S/C30H34Cl3N3O4S/c1-5-6-15-34-30(38)22(4)35(18-23-10-11-24(31)16-28(23)33)29(37)19-36(25-12-9-21(3)27(32)17-25)41(39,40)26-13-7-20(2)8-14-26/h7-14,16-17,22H,5-6,15,18-19H2,1-4H3,(H,34,38). The van der Waals surface area contributed by atoms with Gasteiger partial charge < -0.3 is 10.2 Å². The average Bonchev–Trinajstić information content (AvgIpc) is 2.92. The molecule has 0 bridgehead atoms. The zero-order valence-corrected chi connectivity index (χ0v) is 26.5. The van der Waals surface area contributed by atoms with Crippen LogP contribution < -0.4 is 9.62 Å². The van der Waals surface area contributed by atoms with Gasteiger partial charge >= 0.3 is 0 Å². The van der Waals surface area contributed by atoms with E-state index in [2.05, 4.69) is 5.32 Å². The Labute approximate surface area is 257 Å². The van der Waals surface area contributed by atoms with Crippen molar-refractivity contribution < 1.29 is 18.0 Å². The fraction of sp³-hybridized carbons (Fsp3) is 0.333. The Morgan fingerprint density at radius 2 is 1.61 bits per heavy atom. The Morgan fingerprint density at radius 3 is 2.22 bits per heavy atom. The first-order valence-corrected chi connectivity index (χ1v) is 15.8. The first-order chi connectivity index (χ1) is 19.3. The first-order valence-electron chi connectivity index (χ1n) is 13.2. The van der Waals surface area contributed by atoms with Gasteiger partial charge in [0.2, 0.25) is 11.8 Å². The molecule has 2 amide bonds. The SMILES string of the molecule is CCCCNC(=O)C(C)N(Cc1ccc(Cl)cc1Cl)C(=O)CN(c1ccc(C)c(Cl)c1)S(=O)(=O)c1ccc(C)cc1. The van der Waals surface area contributed by atoms with Gasteiger partial charge in [-0.25, -0.2) is 8.42 Å². The number of amides is 2. The van der Waals surface area contributed by atoms with Gasteiger partial charge in [-0.05, 0) is 74.7 Å². The molecule has 0 saturated carbocycles. The van der Waals surface area contributed by atoms with Crippen LogP contribution in [0.25, 0.3) is 0 Å². The summed E-state index contributed by atoms with van der Waals surface area (Å²) in [7, 11) is -4.20. The third kappa shape index (κ3) is 8.38. The Kier molecular flexibility index (Phi) is 11.5. The van der Waals surface area contributed by atoms with Crippen LogP contribution in [0.15, 0.2) is 65.6 Å². The molecule has 0 saturated heterocycles. The lowest BCUT2D eigenvalue weighted by molar-refractivity contribution is -0.139. The Morgan fingerprint density at radius 1 is 0.927 bits per heavy atom. The molecular formula is C30H34Cl3N3O4S. The number of carbonyl (C=O) groups is 2. The number of halogens is 3. The van der Waals surface area contributed by atoms with Gasteiger partial charge in [-0.15, -0.1) is 0 Å². The normalized spacial score (nSPS) is 12.1. The monoisotopic (exact) mass is 637 g/mol. The van der Waals surface area contributed by atoms with Crippen molar-refractivity contribution in [1.82, 2.24) is 10.2 Å². The lowest BCUT2D eigenvalue weighted by Crippen LogP contribution is -2.51. The number of rotatable bonds is 12. The maximum Gasteiger partial charge on any atom is 0.264 e. The fourth-order valence-electron chi connectivity index (χ4n) is 4.06. The molecule has 1 unspecified atom stereocenters. The number of benzene rings is 3. The van der Waals surface area contributed by atoms with E-state index < -0.39 is 28.5 Å². The summed E-state index contributed by atoms with van der Waals surface area (Å²) < 4.78 is 28.9. The fourth-order valence-corrected chi connectivity index (χ4v) is 6.10. The molecule has 0 spiro atoms. The van der Waals surface area contributed by atoms with Gasteiger partial charge in [0.05, 0.1) is 10.6 Å². The average molecular weight is 639 g/mol. The van der Waals surface area contributed by atoms with Crippen molar-refractivity contribution in [1.29, 1.82) is 0 Å². The van der Waals surface area contributed by atoms with Crippen LogP contribution >= 0.6 is 34.8 Å². The molecule has 3 aromatic carbocycles. The van der Waals surface area contributed by atoms with Crippen molar-refractivity contribution in [3.63, 3.8) is 0 Å². The topological polar surface area (TPSA) is 86.8 Å². The largest absolute Gasteiger partial charge is 0.354 e. The van der Waals surface area contributed by atoms with Crippen molar-refractivity contribution in [3.8, 4) is 0 Å². The molecule has 1 atom stereocenters. The van der Waals surface area contributed by atoms with E-state index in [0.717, 1.165) is 28.3 Å². The van der Waals surface area contributed by atoms with Crippen LogP contribution in [0.2, 0.25) is 15.1 Å². The number of hydrogen-bond donors (Lipinski definition) is 1. The Hall–Kier alpha value is -2.78. The smallest absolute Gasteiger partial charge is 0.264 e. The zero-order valence-electron chi connectivity index (χ0n) is 23.5. The second-order valence-corrected chi connectivity index (χ2v) is 12.9. The van der Waals surface area contributed by atoms with Gasteiger partial charge in [-0.1, -0.05) is 78.0 Å². The molecule has 7 nitrogen and oxygen atoms in total. The summed E-state index contributed by atoms with van der Waals surface area (Å²) in [5.74, 6) is -0.954. The van der Waals surface area contributed by atoms with Gasteiger partial charge in [0.25, 0.3) is 10.0 Å². The predicted molar refractivity (Wildman–Crippen MR) is 166 cm³/mol. The van der Waals surface area contributed by atoms with Crippen LogP contribution in [0.5, 0.6) is 0 Å². The minimum absolute atomic E-state index is 0.0188. The molecule has 0 aliphatic carbocycles. The van der Waals surface area contributed by atoms with Crippen LogP contribution in [0.3, 0.4) is 0 Å². The number of carbonyl (C=O) groups excluding carboxylic acids is 2. The van der Waals surface area contributed by atoms with Gasteiger partial charge in [-0.2, -0.15) is 0 Å². The number of sulfonamides is 1. The van der Waals surface area contributed by atoms with Crippen LogP contribution in [-0.2, 0) is 26.2 Å². The quantitative estimate of drug-likeness (QED) is 0.221. The van der Waals surface area contributed by atoms with Crippen molar-refractivity contribution in [2.24, 2.45) is 0 Å². The summed E-state index contributed by atoms with van der Waals surface area (Å²) >= 11 is 18.9. The molecular weight excluding hydrogens is 605 g/mol. The molecule has 0 aliphatic heterocycles. The van der Waals surface area contributed by atoms with Crippen molar-refractivity contribution in [2.75, 3.05) is 17.4 Å². The third-order valence-corrected chi connectivity index (χ3v) is 9.47. The molecule has 0 heterocycles. The maximum absolute atomic E-state index is 14.0. The Bertz CT molecular complexity index is 1500. The maximum atomic E-state index is 14.0. The van der Waals surface area contributed by atoms with E-state index >= 15 is 0 Å². The van der Waals surface area contributed by atoms with Gasteiger partial charge in [0.1, 0.15) is 12.6 Å². The third-order valence-electron chi connectivity index (χ3n) is 6.68. The highest BCUT2D eigenvalue weighted by molar-refractivity contribution is 7.92. The van der Waals surface area contributed by atoms with Gasteiger partial charge in [0, 0.05) is 28.2 Å². The molecule has 11 heteroatoms. The molecule has 0 aromatic heterocycles. The van der Waals surface area contributed by atoms with Crippen LogP contribution in [0.4, 0.5) is 5.69 Å². The lowest BCUT2D eigenvalue weighted by atomic mass is 10.1. The number of aryl methyl sites for hydroxylation is 2. The number of unbranched alkanes of at least 4 members (excludes halogenated alkanes) is 1. The van der Waals surface area contributed by atoms with Crippen LogP contribution in [0.1, 0.15) is 43.4 Å². The second-order valence-electron chi connectivity index (χ2n) is 9.84. The molecule has 220 valence electrons. The zero-order chi connectivity index (χ0) is 30.3. The second kappa shape index (κ2) is 14.4. The highest BCUT2D eigenvalue weighted by atomic mass is 35.5. The summed E-state index contributed by atoms with van der Waals surface area (Å²) in [5.41, 5.74) is 2.42. The molecule has 0 radical (unpaired) electrons. The summed E-state index contributed by atoms with van der Waals surface area (Å²) in [6.07, 6.45) is 1.68. The number of hydrogen-bond acceptors (Lipinski definition) is 4. The van der Waals surface area contributed by atoms with Crippen molar-refractivity contribution in [2.45, 2.75) is 58.0 Å². The first kappa shape index (κ1) is 32.7. The molecule has 3 aromatic rings. The van der Waals surface area contributed by atoms with E-state index in [0.29, 0.717) is 27.2 Å². The van der Waals surface area contributed by atoms with E-state index in [9.17, 15) is 18.0 Å². The van der Waals surface area contributed by atoms with E-state index in [1.807, 2.05) is 13.8 Å². The van der Waals surface area contributed by atoms with Crippen LogP contribution in [-0.4, -0.2) is 44.3 Å². The number of nitrogens with zero attached hydrogens (tertiary/aromatic N) is 2. The highest BCUT2D eigenvalue weighted by Crippen LogP contribution is 2.29. The molecule has 41 heavy (non-hydrogen) atoms. The predicted octanol–water partition coefficient (Wildman–Crippen LogP) is 6.79. The summed E-state index contributed by atoms with van der Waals surface area (Å²) in [5, 5.41) is 3.95. The van der Waals surface area contributed by atoms with E-state index in [1.165, 1.54) is 23.1 Å². The highest BCUT2D eigenvalue weighted by Gasteiger charge is 2.33.